The molecule has 4 nitrogen and oxygen atoms in total. The van der Waals surface area contributed by atoms with E-state index < -0.39 is 5.97 Å². The highest BCUT2D eigenvalue weighted by molar-refractivity contribution is 6.29. The molecule has 1 aromatic rings. The average Bonchev–Trinajstić information content (AvgIpc) is 2.10. The van der Waals surface area contributed by atoms with Crippen molar-refractivity contribution in [3.63, 3.8) is 0 Å². The molecule has 0 saturated carbocycles. The summed E-state index contributed by atoms with van der Waals surface area (Å²) in [6.45, 7) is 1.69. The first-order valence-electron chi connectivity index (χ1n) is 3.57. The minimum absolute atomic E-state index is 0.160. The number of esters is 1. The summed E-state index contributed by atoms with van der Waals surface area (Å²) >= 11 is 5.62. The summed E-state index contributed by atoms with van der Waals surface area (Å²) in [5.74, 6) is -0.535. The van der Waals surface area contributed by atoms with E-state index in [1.165, 1.54) is 13.2 Å². The Morgan fingerprint density at radius 1 is 1.69 bits per heavy atom. The number of hydrogen-bond acceptors (Lipinski definition) is 4. The minimum atomic E-state index is -0.535. The SMILES string of the molecule is COC(=O)c1nc(Cl)cc(N)c1C. The van der Waals surface area contributed by atoms with Crippen molar-refractivity contribution < 1.29 is 9.53 Å². The van der Waals surface area contributed by atoms with Crippen molar-refractivity contribution in [1.82, 2.24) is 4.98 Å². The van der Waals surface area contributed by atoms with Gasteiger partial charge in [0, 0.05) is 11.3 Å². The molecule has 0 spiro atoms. The fraction of sp³-hybridized carbons (Fsp3) is 0.250. The van der Waals surface area contributed by atoms with Crippen molar-refractivity contribution in [2.75, 3.05) is 12.8 Å². The Labute approximate surface area is 80.7 Å². The maximum absolute atomic E-state index is 11.1. The Bertz CT molecular complexity index is 352. The third-order valence-electron chi connectivity index (χ3n) is 1.66. The van der Waals surface area contributed by atoms with E-state index in [0.29, 0.717) is 11.3 Å². The number of anilines is 1. The van der Waals surface area contributed by atoms with Crippen molar-refractivity contribution in [1.29, 1.82) is 0 Å². The molecule has 70 valence electrons. The fourth-order valence-corrected chi connectivity index (χ4v) is 1.09. The summed E-state index contributed by atoms with van der Waals surface area (Å²) in [6.07, 6.45) is 0. The number of nitrogen functional groups attached to an aromatic ring is 1. The summed E-state index contributed by atoms with van der Waals surface area (Å²) < 4.78 is 4.51. The van der Waals surface area contributed by atoms with E-state index in [-0.39, 0.29) is 10.8 Å². The normalized spacial score (nSPS) is 9.77. The lowest BCUT2D eigenvalue weighted by Gasteiger charge is -2.05. The quantitative estimate of drug-likeness (QED) is 0.550. The Balaban J connectivity index is 3.28. The van der Waals surface area contributed by atoms with Crippen molar-refractivity contribution in [3.05, 3.63) is 22.5 Å². The molecule has 1 aromatic heterocycles. The fourth-order valence-electron chi connectivity index (χ4n) is 0.892. The Kier molecular flexibility index (Phi) is 2.72. The minimum Gasteiger partial charge on any atom is -0.464 e. The molecule has 0 aliphatic carbocycles. The van der Waals surface area contributed by atoms with Gasteiger partial charge in [-0.15, -0.1) is 0 Å². The highest BCUT2D eigenvalue weighted by atomic mass is 35.5. The summed E-state index contributed by atoms with van der Waals surface area (Å²) in [4.78, 5) is 15.0. The van der Waals surface area contributed by atoms with Crippen molar-refractivity contribution in [2.45, 2.75) is 6.92 Å². The lowest BCUT2D eigenvalue weighted by Crippen LogP contribution is -2.08. The number of ether oxygens (including phenoxy) is 1. The summed E-state index contributed by atoms with van der Waals surface area (Å²) in [5.41, 5.74) is 6.75. The zero-order valence-electron chi connectivity index (χ0n) is 7.30. The molecule has 13 heavy (non-hydrogen) atoms. The first-order valence-corrected chi connectivity index (χ1v) is 3.95. The molecular formula is C8H9ClN2O2. The molecule has 0 saturated heterocycles. The predicted octanol–water partition coefficient (Wildman–Crippen LogP) is 1.41. The molecule has 1 rings (SSSR count). The van der Waals surface area contributed by atoms with Gasteiger partial charge in [-0.25, -0.2) is 9.78 Å². The van der Waals surface area contributed by atoms with E-state index in [9.17, 15) is 4.79 Å². The van der Waals surface area contributed by atoms with Crippen LogP contribution < -0.4 is 5.73 Å². The molecule has 0 aliphatic rings. The second kappa shape index (κ2) is 3.62. The number of halogens is 1. The molecule has 0 aliphatic heterocycles. The molecule has 5 heteroatoms. The van der Waals surface area contributed by atoms with Gasteiger partial charge in [-0.2, -0.15) is 0 Å². The zero-order valence-corrected chi connectivity index (χ0v) is 8.05. The number of nitrogens with two attached hydrogens (primary N) is 1. The van der Waals surface area contributed by atoms with Crippen LogP contribution in [0.25, 0.3) is 0 Å². The number of rotatable bonds is 1. The molecule has 0 fully saturated rings. The van der Waals surface area contributed by atoms with Gasteiger partial charge in [-0.3, -0.25) is 0 Å². The molecule has 0 amide bonds. The van der Waals surface area contributed by atoms with Gasteiger partial charge in [0.15, 0.2) is 5.69 Å². The van der Waals surface area contributed by atoms with Crippen LogP contribution >= 0.6 is 11.6 Å². The topological polar surface area (TPSA) is 65.2 Å². The van der Waals surface area contributed by atoms with Gasteiger partial charge < -0.3 is 10.5 Å². The number of carbonyl (C=O) groups excluding carboxylic acids is 1. The largest absolute Gasteiger partial charge is 0.464 e. The number of nitrogens with zero attached hydrogens (tertiary/aromatic N) is 1. The monoisotopic (exact) mass is 200 g/mol. The number of carbonyl (C=O) groups is 1. The molecule has 0 radical (unpaired) electrons. The van der Waals surface area contributed by atoms with Gasteiger partial charge in [-0.1, -0.05) is 11.6 Å². The number of hydrogen-bond donors (Lipinski definition) is 1. The maximum atomic E-state index is 11.1. The van der Waals surface area contributed by atoms with Gasteiger partial charge in [0.1, 0.15) is 5.15 Å². The van der Waals surface area contributed by atoms with Crippen molar-refractivity contribution >= 4 is 23.3 Å². The van der Waals surface area contributed by atoms with E-state index in [0.717, 1.165) is 0 Å². The van der Waals surface area contributed by atoms with Gasteiger partial charge in [0.05, 0.1) is 7.11 Å². The lowest BCUT2D eigenvalue weighted by molar-refractivity contribution is 0.0593. The number of methoxy groups -OCH3 is 1. The van der Waals surface area contributed by atoms with Crippen molar-refractivity contribution in [2.24, 2.45) is 0 Å². The third kappa shape index (κ3) is 1.89. The van der Waals surface area contributed by atoms with E-state index in [2.05, 4.69) is 9.72 Å². The summed E-state index contributed by atoms with van der Waals surface area (Å²) in [5, 5.41) is 0.184. The number of aromatic nitrogens is 1. The Hall–Kier alpha value is -1.29. The van der Waals surface area contributed by atoms with Gasteiger partial charge >= 0.3 is 5.97 Å². The molecule has 0 bridgehead atoms. The van der Waals surface area contributed by atoms with Gasteiger partial charge in [0.2, 0.25) is 0 Å². The van der Waals surface area contributed by atoms with Crippen LogP contribution in [0.15, 0.2) is 6.07 Å². The van der Waals surface area contributed by atoms with Crippen LogP contribution in [-0.4, -0.2) is 18.1 Å². The highest BCUT2D eigenvalue weighted by Crippen LogP contribution is 2.19. The van der Waals surface area contributed by atoms with Crippen LogP contribution in [0.3, 0.4) is 0 Å². The van der Waals surface area contributed by atoms with Crippen LogP contribution in [0.5, 0.6) is 0 Å². The second-order valence-corrected chi connectivity index (χ2v) is 2.89. The van der Waals surface area contributed by atoms with Gasteiger partial charge in [0.25, 0.3) is 0 Å². The van der Waals surface area contributed by atoms with Gasteiger partial charge in [-0.05, 0) is 13.0 Å². The molecular weight excluding hydrogens is 192 g/mol. The lowest BCUT2D eigenvalue weighted by atomic mass is 10.2. The van der Waals surface area contributed by atoms with Crippen LogP contribution in [-0.2, 0) is 4.74 Å². The summed E-state index contributed by atoms with van der Waals surface area (Å²) in [6, 6.07) is 1.49. The Morgan fingerprint density at radius 2 is 2.31 bits per heavy atom. The standard InChI is InChI=1S/C8H9ClN2O2/c1-4-5(10)3-6(9)11-7(4)8(12)13-2/h3H,1-2H3,(H2,10,11). The second-order valence-electron chi connectivity index (χ2n) is 2.50. The van der Waals surface area contributed by atoms with E-state index in [1.807, 2.05) is 0 Å². The smallest absolute Gasteiger partial charge is 0.357 e. The van der Waals surface area contributed by atoms with E-state index >= 15 is 0 Å². The highest BCUT2D eigenvalue weighted by Gasteiger charge is 2.13. The molecule has 0 atom stereocenters. The molecule has 0 unspecified atom stereocenters. The summed E-state index contributed by atoms with van der Waals surface area (Å²) in [7, 11) is 1.28. The molecule has 0 aromatic carbocycles. The predicted molar refractivity (Wildman–Crippen MR) is 49.7 cm³/mol. The first-order chi connectivity index (χ1) is 6.06. The first kappa shape index (κ1) is 9.80. The number of pyridine rings is 1. The van der Waals surface area contributed by atoms with E-state index in [1.54, 1.807) is 6.92 Å². The van der Waals surface area contributed by atoms with Crippen LogP contribution in [0.1, 0.15) is 16.1 Å². The van der Waals surface area contributed by atoms with Crippen LogP contribution in [0, 0.1) is 6.92 Å². The molecule has 2 N–H and O–H groups in total. The molecule has 1 heterocycles. The van der Waals surface area contributed by atoms with Crippen LogP contribution in [0.4, 0.5) is 5.69 Å². The maximum Gasteiger partial charge on any atom is 0.357 e. The third-order valence-corrected chi connectivity index (χ3v) is 1.85. The zero-order chi connectivity index (χ0) is 10.0. The van der Waals surface area contributed by atoms with Crippen molar-refractivity contribution in [3.8, 4) is 0 Å². The van der Waals surface area contributed by atoms with Crippen LogP contribution in [0.2, 0.25) is 5.15 Å². The average molecular weight is 201 g/mol. The van der Waals surface area contributed by atoms with E-state index in [4.69, 9.17) is 17.3 Å². The Morgan fingerprint density at radius 3 is 2.85 bits per heavy atom.